The Morgan fingerprint density at radius 3 is 2.53 bits per heavy atom. The fourth-order valence-electron chi connectivity index (χ4n) is 5.37. The van der Waals surface area contributed by atoms with Gasteiger partial charge in [0, 0.05) is 40.8 Å². The van der Waals surface area contributed by atoms with E-state index in [1.165, 1.54) is 13.2 Å². The Morgan fingerprint density at radius 2 is 1.78 bits per heavy atom. The fourth-order valence-corrected chi connectivity index (χ4v) is 5.93. The highest BCUT2D eigenvalue weighted by molar-refractivity contribution is 7.92. The molecule has 228 valence electrons. The predicted molar refractivity (Wildman–Crippen MR) is 171 cm³/mol. The largest absolute Gasteiger partial charge is 0.495 e. The van der Waals surface area contributed by atoms with Crippen molar-refractivity contribution in [2.75, 3.05) is 18.1 Å². The van der Waals surface area contributed by atoms with Crippen molar-refractivity contribution in [3.05, 3.63) is 120 Å². The lowest BCUT2D eigenvalue weighted by atomic mass is 9.89. The van der Waals surface area contributed by atoms with Crippen molar-refractivity contribution in [1.29, 1.82) is 0 Å². The second kappa shape index (κ2) is 12.0. The van der Waals surface area contributed by atoms with Gasteiger partial charge in [-0.05, 0) is 77.7 Å². The molecule has 11 heteroatoms. The first-order chi connectivity index (χ1) is 21.6. The third kappa shape index (κ3) is 6.34. The van der Waals surface area contributed by atoms with E-state index in [1.807, 2.05) is 55.6 Å². The second-order valence-corrected chi connectivity index (χ2v) is 12.4. The highest BCUT2D eigenvalue weighted by Crippen LogP contribution is 2.41. The Hall–Kier alpha value is -5.29. The average Bonchev–Trinajstić information content (AvgIpc) is 3.71. The van der Waals surface area contributed by atoms with Crippen molar-refractivity contribution in [2.45, 2.75) is 13.5 Å². The Balaban J connectivity index is 1.48. The van der Waals surface area contributed by atoms with Gasteiger partial charge in [-0.2, -0.15) is 5.10 Å². The summed E-state index contributed by atoms with van der Waals surface area (Å²) >= 11 is 0. The molecule has 6 aromatic rings. The van der Waals surface area contributed by atoms with Crippen LogP contribution in [0.3, 0.4) is 0 Å². The summed E-state index contributed by atoms with van der Waals surface area (Å²) in [7, 11) is -2.08. The Bertz CT molecular complexity index is 2130. The summed E-state index contributed by atoms with van der Waals surface area (Å²) in [6.07, 6.45) is 8.17. The van der Waals surface area contributed by atoms with E-state index in [1.54, 1.807) is 35.4 Å². The van der Waals surface area contributed by atoms with Crippen molar-refractivity contribution in [2.24, 2.45) is 0 Å². The van der Waals surface area contributed by atoms with Gasteiger partial charge in [-0.15, -0.1) is 0 Å². The number of aryl methyl sites for hydroxylation is 1. The van der Waals surface area contributed by atoms with Crippen LogP contribution in [0, 0.1) is 18.6 Å². The minimum absolute atomic E-state index is 0.0663. The summed E-state index contributed by atoms with van der Waals surface area (Å²) in [5.74, 6) is -0.631. The van der Waals surface area contributed by atoms with Crippen molar-refractivity contribution >= 4 is 15.7 Å². The van der Waals surface area contributed by atoms with Crippen molar-refractivity contribution < 1.29 is 21.9 Å². The smallest absolute Gasteiger partial charge is 0.229 e. The van der Waals surface area contributed by atoms with Gasteiger partial charge >= 0.3 is 0 Å². The topological polar surface area (TPSA) is 102 Å². The molecule has 0 aliphatic rings. The van der Waals surface area contributed by atoms with E-state index in [0.29, 0.717) is 11.4 Å². The summed E-state index contributed by atoms with van der Waals surface area (Å²) in [6.45, 7) is 2.08. The van der Waals surface area contributed by atoms with Gasteiger partial charge in [-0.1, -0.05) is 24.3 Å². The zero-order valence-electron chi connectivity index (χ0n) is 24.7. The number of nitrogens with one attached hydrogen (secondary N) is 2. The number of hydrogen-bond donors (Lipinski definition) is 2. The lowest BCUT2D eigenvalue weighted by Crippen LogP contribution is -2.10. The summed E-state index contributed by atoms with van der Waals surface area (Å²) in [6, 6.07) is 20.4. The number of aromatic nitrogens is 4. The molecule has 0 saturated carbocycles. The minimum Gasteiger partial charge on any atom is -0.495 e. The molecule has 6 rings (SSSR count). The molecule has 0 radical (unpaired) electrons. The number of ether oxygens (including phenoxy) is 1. The molecule has 3 aromatic carbocycles. The minimum atomic E-state index is -3.56. The van der Waals surface area contributed by atoms with E-state index in [4.69, 9.17) is 9.72 Å². The van der Waals surface area contributed by atoms with Gasteiger partial charge in [-0.25, -0.2) is 17.2 Å². The SMILES string of the molecule is COc1ccc(-c2cnc(-c3ccc[nH]3)c(-c3c(C)cccc3-c3cnn(Cc4cc(F)ccc4F)c3)c2)cc1NS(C)(=O)=O. The first-order valence-corrected chi connectivity index (χ1v) is 15.9. The molecule has 2 N–H and O–H groups in total. The maximum absolute atomic E-state index is 14.4. The van der Waals surface area contributed by atoms with Crippen molar-refractivity contribution in [3.8, 4) is 50.5 Å². The number of methoxy groups -OCH3 is 1. The number of aromatic amines is 1. The van der Waals surface area contributed by atoms with Crippen LogP contribution in [-0.4, -0.2) is 41.5 Å². The number of benzene rings is 3. The van der Waals surface area contributed by atoms with E-state index in [-0.39, 0.29) is 12.1 Å². The third-order valence-corrected chi connectivity index (χ3v) is 7.99. The summed E-state index contributed by atoms with van der Waals surface area (Å²) in [5, 5.41) is 4.45. The monoisotopic (exact) mass is 625 g/mol. The molecule has 0 aliphatic heterocycles. The quantitative estimate of drug-likeness (QED) is 0.176. The molecule has 0 amide bonds. The number of sulfonamides is 1. The van der Waals surface area contributed by atoms with E-state index in [9.17, 15) is 17.2 Å². The summed E-state index contributed by atoms with van der Waals surface area (Å²) in [5.41, 5.74) is 7.93. The van der Waals surface area contributed by atoms with Crippen LogP contribution in [0.25, 0.3) is 44.8 Å². The third-order valence-electron chi connectivity index (χ3n) is 7.40. The Labute approximate surface area is 259 Å². The highest BCUT2D eigenvalue weighted by Gasteiger charge is 2.20. The molecule has 0 aliphatic carbocycles. The van der Waals surface area contributed by atoms with Crippen molar-refractivity contribution in [1.82, 2.24) is 19.7 Å². The number of pyridine rings is 1. The number of H-pyrrole nitrogens is 1. The lowest BCUT2D eigenvalue weighted by molar-refractivity contribution is 0.417. The van der Waals surface area contributed by atoms with Crippen LogP contribution in [0.15, 0.2) is 97.6 Å². The van der Waals surface area contributed by atoms with Gasteiger partial charge in [0.25, 0.3) is 0 Å². The maximum Gasteiger partial charge on any atom is 0.229 e. The van der Waals surface area contributed by atoms with Gasteiger partial charge in [0.15, 0.2) is 0 Å². The molecule has 0 atom stereocenters. The number of rotatable bonds is 9. The van der Waals surface area contributed by atoms with Gasteiger partial charge in [0.2, 0.25) is 10.0 Å². The second-order valence-electron chi connectivity index (χ2n) is 10.7. The standard InChI is InChI=1S/C34H29F2N5O3S/c1-21-6-4-7-27(25-18-39-41(20-25)19-24-14-26(35)10-11-29(24)36)33(21)28-15-23(17-38-34(28)30-8-5-13-37-30)22-9-12-32(44-2)31(16-22)40-45(3,42)43/h4-18,20,37,40H,19H2,1-3H3. The average molecular weight is 626 g/mol. The van der Waals surface area contributed by atoms with Gasteiger partial charge < -0.3 is 9.72 Å². The van der Waals surface area contributed by atoms with Crippen LogP contribution in [0.5, 0.6) is 5.75 Å². The van der Waals surface area contributed by atoms with Crippen LogP contribution in [-0.2, 0) is 16.6 Å². The fraction of sp³-hybridized carbons (Fsp3) is 0.118. The lowest BCUT2D eigenvalue weighted by Gasteiger charge is -2.17. The van der Waals surface area contributed by atoms with Gasteiger partial charge in [-0.3, -0.25) is 14.4 Å². The highest BCUT2D eigenvalue weighted by atomic mass is 32.2. The van der Waals surface area contributed by atoms with E-state index in [2.05, 4.69) is 14.8 Å². The Morgan fingerprint density at radius 1 is 0.933 bits per heavy atom. The molecule has 45 heavy (non-hydrogen) atoms. The number of halogens is 2. The zero-order valence-corrected chi connectivity index (χ0v) is 25.5. The molecule has 3 heterocycles. The molecule has 3 aromatic heterocycles. The van der Waals surface area contributed by atoms with Gasteiger partial charge in [0.1, 0.15) is 17.4 Å². The number of hydrogen-bond acceptors (Lipinski definition) is 5. The molecule has 0 bridgehead atoms. The van der Waals surface area contributed by atoms with Crippen LogP contribution < -0.4 is 9.46 Å². The first kappa shape index (κ1) is 29.8. The normalized spacial score (nSPS) is 11.5. The van der Waals surface area contributed by atoms with Crippen LogP contribution in [0.2, 0.25) is 0 Å². The van der Waals surface area contributed by atoms with Crippen LogP contribution >= 0.6 is 0 Å². The maximum atomic E-state index is 14.4. The molecule has 0 unspecified atom stereocenters. The molecule has 0 saturated heterocycles. The summed E-state index contributed by atoms with van der Waals surface area (Å²) in [4.78, 5) is 8.13. The molecule has 0 spiro atoms. The number of anilines is 1. The van der Waals surface area contributed by atoms with Crippen molar-refractivity contribution in [3.63, 3.8) is 0 Å². The first-order valence-electron chi connectivity index (χ1n) is 14.0. The van der Waals surface area contributed by atoms with Crippen LogP contribution in [0.4, 0.5) is 14.5 Å². The summed E-state index contributed by atoms with van der Waals surface area (Å²) < 4.78 is 61.8. The molecule has 8 nitrogen and oxygen atoms in total. The molecular formula is C34H29F2N5O3S. The molecular weight excluding hydrogens is 596 g/mol. The van der Waals surface area contributed by atoms with E-state index >= 15 is 0 Å². The number of nitrogens with zero attached hydrogens (tertiary/aromatic N) is 3. The Kier molecular flexibility index (Phi) is 7.94. The predicted octanol–water partition coefficient (Wildman–Crippen LogP) is 7.29. The van der Waals surface area contributed by atoms with E-state index < -0.39 is 21.7 Å². The van der Waals surface area contributed by atoms with Crippen LogP contribution in [0.1, 0.15) is 11.1 Å². The van der Waals surface area contributed by atoms with Gasteiger partial charge in [0.05, 0.1) is 43.2 Å². The zero-order chi connectivity index (χ0) is 31.7. The van der Waals surface area contributed by atoms with E-state index in [0.717, 1.165) is 68.7 Å². The molecule has 0 fully saturated rings.